The normalized spacial score (nSPS) is 17.9. The number of rotatable bonds is 8. The highest BCUT2D eigenvalue weighted by Gasteiger charge is 2.27. The highest BCUT2D eigenvalue weighted by molar-refractivity contribution is 7.88. The van der Waals surface area contributed by atoms with Crippen molar-refractivity contribution in [3.05, 3.63) is 71.1 Å². The molecule has 15 heteroatoms. The molecule has 0 radical (unpaired) electrons. The van der Waals surface area contributed by atoms with Gasteiger partial charge in [-0.05, 0) is 24.0 Å². The Morgan fingerprint density at radius 2 is 1.70 bits per heavy atom. The van der Waals surface area contributed by atoms with Crippen LogP contribution in [0.5, 0.6) is 0 Å². The van der Waals surface area contributed by atoms with E-state index >= 15 is 0 Å². The lowest BCUT2D eigenvalue weighted by Gasteiger charge is -2.32. The van der Waals surface area contributed by atoms with Gasteiger partial charge in [0.05, 0.1) is 24.2 Å². The first-order valence-electron chi connectivity index (χ1n) is 14.8. The van der Waals surface area contributed by atoms with E-state index in [2.05, 4.69) is 59.9 Å². The van der Waals surface area contributed by atoms with E-state index in [1.165, 1.54) is 21.7 Å². The van der Waals surface area contributed by atoms with Gasteiger partial charge in [0.1, 0.15) is 12.2 Å². The smallest absolute Gasteiger partial charge is 0.244 e. The van der Waals surface area contributed by atoms with E-state index < -0.39 is 10.0 Å². The Bertz CT molecular complexity index is 1740. The average Bonchev–Trinajstić information content (AvgIpc) is 3.75. The zero-order valence-electron chi connectivity index (χ0n) is 24.6. The highest BCUT2D eigenvalue weighted by Crippen LogP contribution is 2.27. The van der Waals surface area contributed by atoms with Crippen LogP contribution in [-0.2, 0) is 53.7 Å². The van der Waals surface area contributed by atoms with Crippen LogP contribution in [0.25, 0.3) is 11.1 Å². The van der Waals surface area contributed by atoms with Crippen LogP contribution in [0.15, 0.2) is 42.9 Å². The molecule has 0 bridgehead atoms. The number of H-pyrrole nitrogens is 1. The molecule has 2 aliphatic heterocycles. The van der Waals surface area contributed by atoms with Crippen LogP contribution in [0.4, 0.5) is 5.95 Å². The molecule has 3 aliphatic rings. The molecule has 1 aliphatic carbocycles. The van der Waals surface area contributed by atoms with Gasteiger partial charge in [-0.3, -0.25) is 14.4 Å². The lowest BCUT2D eigenvalue weighted by atomic mass is 10.1. The molecule has 0 spiro atoms. The first-order valence-corrected chi connectivity index (χ1v) is 16.7. The molecule has 0 atom stereocenters. The monoisotopic (exact) mass is 617 g/mol. The molecule has 7 rings (SSSR count). The van der Waals surface area contributed by atoms with Crippen molar-refractivity contribution in [1.82, 2.24) is 49.3 Å². The Kier molecular flexibility index (Phi) is 7.60. The van der Waals surface area contributed by atoms with E-state index in [9.17, 15) is 13.2 Å². The number of nitrogens with one attached hydrogen (secondary N) is 2. The number of sulfonamides is 1. The van der Waals surface area contributed by atoms with Crippen LogP contribution in [0, 0.1) is 0 Å². The van der Waals surface area contributed by atoms with Crippen molar-refractivity contribution >= 4 is 21.9 Å². The molecule has 2 N–H and O–H groups in total. The zero-order valence-corrected chi connectivity index (χ0v) is 25.4. The maximum Gasteiger partial charge on any atom is 0.244 e. The summed E-state index contributed by atoms with van der Waals surface area (Å²) < 4.78 is 27.2. The summed E-state index contributed by atoms with van der Waals surface area (Å²) >= 11 is 0. The molecule has 1 fully saturated rings. The lowest BCUT2D eigenvalue weighted by molar-refractivity contribution is -0.133. The fraction of sp³-hybridized carbons (Fsp3) is 0.448. The molecule has 5 heterocycles. The second-order valence-corrected chi connectivity index (χ2v) is 13.7. The summed E-state index contributed by atoms with van der Waals surface area (Å²) in [5, 5.41) is 19.3. The number of amides is 1. The summed E-state index contributed by atoms with van der Waals surface area (Å²) in [5.74, 6) is 0.527. The molecular formula is C29H35N11O3S. The van der Waals surface area contributed by atoms with Crippen molar-refractivity contribution in [1.29, 1.82) is 0 Å². The number of hydrogen-bond acceptors (Lipinski definition) is 10. The Labute approximate surface area is 255 Å². The Balaban J connectivity index is 1.08. The number of carbonyl (C=O) groups excluding carboxylic acids is 1. The van der Waals surface area contributed by atoms with Gasteiger partial charge in [-0.25, -0.2) is 18.4 Å². The van der Waals surface area contributed by atoms with E-state index in [-0.39, 0.29) is 18.5 Å². The van der Waals surface area contributed by atoms with Crippen LogP contribution in [0.2, 0.25) is 0 Å². The molecule has 4 aromatic rings. The predicted molar refractivity (Wildman–Crippen MR) is 162 cm³/mol. The van der Waals surface area contributed by atoms with Gasteiger partial charge in [-0.1, -0.05) is 24.3 Å². The number of aromatic amines is 1. The standard InChI is InChI=1S/C29H35N11O3S/c1-44(42,43)40-10-8-37(9-11-40)17-26-24(16-39(35-26)19-28(41)38-7-6-25-27(18-38)34-36-33-25)22-14-30-29(31-15-22)32-23-12-20-4-2-3-5-21(20)13-23/h2-5,14-16,23H,6-13,17-19H2,1H3,(H,30,31,32)(H,33,34,36). The Morgan fingerprint density at radius 1 is 1.00 bits per heavy atom. The third-order valence-electron chi connectivity index (χ3n) is 8.67. The van der Waals surface area contributed by atoms with E-state index in [0.717, 1.165) is 41.1 Å². The van der Waals surface area contributed by atoms with E-state index in [4.69, 9.17) is 5.10 Å². The lowest BCUT2D eigenvalue weighted by Crippen LogP contribution is -2.47. The van der Waals surface area contributed by atoms with Crippen molar-refractivity contribution in [3.8, 4) is 11.1 Å². The number of carbonyl (C=O) groups is 1. The first-order chi connectivity index (χ1) is 21.3. The Hall–Kier alpha value is -4.21. The molecule has 0 saturated carbocycles. The second-order valence-electron chi connectivity index (χ2n) is 11.7. The summed E-state index contributed by atoms with van der Waals surface area (Å²) in [7, 11) is -3.22. The van der Waals surface area contributed by atoms with Gasteiger partial charge < -0.3 is 10.2 Å². The van der Waals surface area contributed by atoms with Gasteiger partial charge in [-0.2, -0.15) is 24.8 Å². The van der Waals surface area contributed by atoms with Crippen LogP contribution in [0.3, 0.4) is 0 Å². The SMILES string of the molecule is CS(=O)(=O)N1CCN(Cc2nn(CC(=O)N3CCc4n[nH]nc4C3)cc2-c2cnc(NC3Cc4ccccc4C3)nc2)CC1. The van der Waals surface area contributed by atoms with Gasteiger partial charge in [0.15, 0.2) is 0 Å². The van der Waals surface area contributed by atoms with Crippen molar-refractivity contribution in [2.75, 3.05) is 44.3 Å². The molecule has 1 saturated heterocycles. The summed E-state index contributed by atoms with van der Waals surface area (Å²) in [6, 6.07) is 8.73. The number of fused-ring (bicyclic) bond motifs is 2. The van der Waals surface area contributed by atoms with Crippen molar-refractivity contribution in [2.24, 2.45) is 0 Å². The largest absolute Gasteiger partial charge is 0.351 e. The number of hydrogen-bond donors (Lipinski definition) is 2. The number of piperazine rings is 1. The minimum absolute atomic E-state index is 0.0469. The van der Waals surface area contributed by atoms with Gasteiger partial charge in [0.25, 0.3) is 0 Å². The second kappa shape index (κ2) is 11.7. The third-order valence-corrected chi connectivity index (χ3v) is 9.97. The minimum Gasteiger partial charge on any atom is -0.351 e. The maximum atomic E-state index is 13.3. The number of anilines is 1. The fourth-order valence-electron chi connectivity index (χ4n) is 6.27. The summed E-state index contributed by atoms with van der Waals surface area (Å²) in [6.07, 6.45) is 9.25. The maximum absolute atomic E-state index is 13.3. The molecule has 1 aromatic carbocycles. The van der Waals surface area contributed by atoms with Crippen molar-refractivity contribution < 1.29 is 13.2 Å². The molecule has 1 amide bonds. The fourth-order valence-corrected chi connectivity index (χ4v) is 7.10. The molecule has 3 aromatic heterocycles. The van der Waals surface area contributed by atoms with Crippen molar-refractivity contribution in [3.63, 3.8) is 0 Å². The predicted octanol–water partition coefficient (Wildman–Crippen LogP) is 0.700. The van der Waals surface area contributed by atoms with E-state index in [1.54, 1.807) is 22.0 Å². The molecule has 230 valence electrons. The average molecular weight is 618 g/mol. The molecule has 14 nitrogen and oxygen atoms in total. The topological polar surface area (TPSA) is 158 Å². The molecule has 44 heavy (non-hydrogen) atoms. The van der Waals surface area contributed by atoms with Crippen LogP contribution in [-0.4, -0.2) is 109 Å². The number of benzene rings is 1. The van der Waals surface area contributed by atoms with Gasteiger partial charge in [0.2, 0.25) is 21.9 Å². The van der Waals surface area contributed by atoms with Crippen LogP contribution < -0.4 is 5.32 Å². The van der Waals surface area contributed by atoms with Crippen molar-refractivity contribution in [2.45, 2.75) is 44.9 Å². The van der Waals surface area contributed by atoms with Crippen LogP contribution in [0.1, 0.15) is 28.2 Å². The summed E-state index contributed by atoms with van der Waals surface area (Å²) in [5.41, 5.74) is 6.86. The minimum atomic E-state index is -3.22. The van der Waals surface area contributed by atoms with Crippen LogP contribution >= 0.6 is 0 Å². The zero-order chi connectivity index (χ0) is 30.3. The summed E-state index contributed by atoms with van der Waals surface area (Å²) in [6.45, 7) is 3.65. The first kappa shape index (κ1) is 28.6. The number of nitrogens with zero attached hydrogens (tertiary/aromatic N) is 9. The Morgan fingerprint density at radius 3 is 2.41 bits per heavy atom. The summed E-state index contributed by atoms with van der Waals surface area (Å²) in [4.78, 5) is 26.5. The van der Waals surface area contributed by atoms with E-state index in [0.29, 0.717) is 58.2 Å². The number of aromatic nitrogens is 7. The highest BCUT2D eigenvalue weighted by atomic mass is 32.2. The van der Waals surface area contributed by atoms with Gasteiger partial charge in [0, 0.05) is 81.4 Å². The quantitative estimate of drug-likeness (QED) is 0.288. The van der Waals surface area contributed by atoms with E-state index in [1.807, 2.05) is 6.20 Å². The molecular weight excluding hydrogens is 582 g/mol. The third kappa shape index (κ3) is 6.07. The molecule has 0 unspecified atom stereocenters. The van der Waals surface area contributed by atoms with Gasteiger partial charge in [-0.15, -0.1) is 0 Å². The van der Waals surface area contributed by atoms with Gasteiger partial charge >= 0.3 is 0 Å².